The summed E-state index contributed by atoms with van der Waals surface area (Å²) in [7, 11) is 4.61. The summed E-state index contributed by atoms with van der Waals surface area (Å²) >= 11 is 1.61. The molecule has 107 valence electrons. The molecule has 7 N–H and O–H groups in total. The minimum atomic E-state index is -0.412. The second-order valence-electron chi connectivity index (χ2n) is 2.55. The molecule has 0 aliphatic rings. The first kappa shape index (κ1) is 21.8. The van der Waals surface area contributed by atoms with Gasteiger partial charge in [0.2, 0.25) is 11.8 Å². The van der Waals surface area contributed by atoms with Crippen molar-refractivity contribution in [3.8, 4) is 0 Å². The van der Waals surface area contributed by atoms with Crippen LogP contribution in [0.15, 0.2) is 17.1 Å². The molecule has 2 amide bonds. The molecule has 0 aliphatic heterocycles. The van der Waals surface area contributed by atoms with Crippen LogP contribution in [0.1, 0.15) is 13.8 Å². The van der Waals surface area contributed by atoms with Gasteiger partial charge in [-0.1, -0.05) is 0 Å². The third kappa shape index (κ3) is 36.5. The van der Waals surface area contributed by atoms with Gasteiger partial charge in [0.05, 0.1) is 0 Å². The van der Waals surface area contributed by atoms with Crippen molar-refractivity contribution in [2.24, 2.45) is 11.5 Å². The number of carbonyl (C=O) groups is 2. The first-order valence-corrected chi connectivity index (χ1v) is 7.02. The van der Waals surface area contributed by atoms with Crippen molar-refractivity contribution >= 4 is 27.1 Å². The second kappa shape index (κ2) is 15.6. The summed E-state index contributed by atoms with van der Waals surface area (Å²) in [4.78, 5) is 34.3. The van der Waals surface area contributed by atoms with Crippen molar-refractivity contribution in [2.45, 2.75) is 13.8 Å². The van der Waals surface area contributed by atoms with Crippen LogP contribution in [0.5, 0.6) is 0 Å². The molecule has 0 saturated carbocycles. The molecule has 1 rings (SSSR count). The van der Waals surface area contributed by atoms with Crippen molar-refractivity contribution in [1.29, 1.82) is 0 Å². The quantitative estimate of drug-likeness (QED) is 0.392. The van der Waals surface area contributed by atoms with Gasteiger partial charge in [0, 0.05) is 20.0 Å². The van der Waals surface area contributed by atoms with Gasteiger partial charge in [-0.05, 0) is 6.07 Å². The maximum absolute atomic E-state index is 10.2. The molecule has 0 saturated heterocycles. The fraction of sp³-hybridized carbons (Fsp3) is 0.250. The third-order valence-electron chi connectivity index (χ3n) is 0.697. The Labute approximate surface area is 119 Å². The van der Waals surface area contributed by atoms with Crippen molar-refractivity contribution in [2.75, 3.05) is 5.73 Å². The Balaban J connectivity index is -0.000000194. The number of amides is 2. The van der Waals surface area contributed by atoms with E-state index in [2.05, 4.69) is 30.9 Å². The fourth-order valence-electron chi connectivity index (χ4n) is 0.383. The number of aromatic amines is 1. The van der Waals surface area contributed by atoms with Gasteiger partial charge >= 0.3 is 33.9 Å². The number of nitrogen functional groups attached to an aromatic ring is 1. The molecule has 0 unspecified atom stereocenters. The summed E-state index contributed by atoms with van der Waals surface area (Å²) in [6.45, 7) is 2.61. The molecule has 10 heteroatoms. The number of nitrogens with two attached hydrogens (primary N) is 3. The number of H-pyrrole nitrogens is 1. The monoisotopic (exact) mass is 459 g/mol. The SMILES string of the molecule is CC(N)=O.CC(N)=O.Nc1ccnc(=O)[nH]1.[Cl][Pt]. The van der Waals surface area contributed by atoms with Gasteiger partial charge in [-0.25, -0.2) is 9.78 Å². The van der Waals surface area contributed by atoms with Crippen LogP contribution < -0.4 is 22.9 Å². The minimum absolute atomic E-state index is 0.333. The fourth-order valence-corrected chi connectivity index (χ4v) is 0.383. The molecule has 0 atom stereocenters. The van der Waals surface area contributed by atoms with Gasteiger partial charge in [0.25, 0.3) is 0 Å². The zero-order valence-electron chi connectivity index (χ0n) is 9.75. The average Bonchev–Trinajstić information content (AvgIpc) is 2.18. The molecule has 0 fully saturated rings. The van der Waals surface area contributed by atoms with Crippen LogP contribution in [0.25, 0.3) is 0 Å². The first-order valence-electron chi connectivity index (χ1n) is 4.20. The number of anilines is 1. The molecule has 18 heavy (non-hydrogen) atoms. The van der Waals surface area contributed by atoms with E-state index in [1.165, 1.54) is 26.1 Å². The molecule has 8 nitrogen and oxygen atoms in total. The maximum atomic E-state index is 10.2. The van der Waals surface area contributed by atoms with Gasteiger partial charge in [-0.3, -0.25) is 14.6 Å². The normalized spacial score (nSPS) is 7.17. The summed E-state index contributed by atoms with van der Waals surface area (Å²) in [6, 6.07) is 1.52. The Bertz CT molecular complexity index is 378. The Morgan fingerprint density at radius 2 is 1.61 bits per heavy atom. The van der Waals surface area contributed by atoms with E-state index in [0.717, 1.165) is 0 Å². The van der Waals surface area contributed by atoms with Crippen molar-refractivity contribution in [1.82, 2.24) is 9.97 Å². The van der Waals surface area contributed by atoms with Crippen LogP contribution in [0, 0.1) is 0 Å². The van der Waals surface area contributed by atoms with Crippen LogP contribution in [-0.2, 0) is 28.4 Å². The Morgan fingerprint density at radius 3 is 1.78 bits per heavy atom. The van der Waals surface area contributed by atoms with E-state index >= 15 is 0 Å². The third-order valence-corrected chi connectivity index (χ3v) is 0.697. The molecular weight excluding hydrogens is 445 g/mol. The Hall–Kier alpha value is -1.40. The summed E-state index contributed by atoms with van der Waals surface area (Å²) in [5.74, 6) is -0.329. The molecule has 1 aromatic heterocycles. The zero-order valence-corrected chi connectivity index (χ0v) is 12.8. The van der Waals surface area contributed by atoms with E-state index in [4.69, 9.17) is 5.73 Å². The number of halogens is 1. The molecule has 1 aromatic rings. The van der Waals surface area contributed by atoms with Crippen LogP contribution in [0.4, 0.5) is 5.82 Å². The summed E-state index contributed by atoms with van der Waals surface area (Å²) in [6.07, 6.45) is 1.36. The van der Waals surface area contributed by atoms with E-state index in [1.807, 2.05) is 0 Å². The topological polar surface area (TPSA) is 158 Å². The predicted octanol–water partition coefficient (Wildman–Crippen LogP) is -0.978. The summed E-state index contributed by atoms with van der Waals surface area (Å²) < 4.78 is 0. The van der Waals surface area contributed by atoms with Gasteiger partial charge in [0.1, 0.15) is 5.82 Å². The number of hydrogen-bond acceptors (Lipinski definition) is 5. The zero-order chi connectivity index (χ0) is 15.1. The standard InChI is InChI=1S/C4H5N3O.2C2H5NO.ClH.Pt/c5-3-1-2-6-4(8)7-3;2*1-2(3)4;;/h1-2H,(H3,5,6,7,8);2*1H3,(H2,3,4);1H;/q;;;;+1/p-1. The predicted molar refractivity (Wildman–Crippen MR) is 64.9 cm³/mol. The van der Waals surface area contributed by atoms with Crippen LogP contribution in [-0.4, -0.2) is 21.8 Å². The molecule has 1 heterocycles. The summed E-state index contributed by atoms with van der Waals surface area (Å²) in [5.41, 5.74) is 13.7. The van der Waals surface area contributed by atoms with Crippen LogP contribution in [0.3, 0.4) is 0 Å². The summed E-state index contributed by atoms with van der Waals surface area (Å²) in [5, 5.41) is 0. The number of hydrogen-bond donors (Lipinski definition) is 4. The van der Waals surface area contributed by atoms with Crippen molar-refractivity contribution in [3.63, 3.8) is 0 Å². The van der Waals surface area contributed by atoms with Crippen LogP contribution >= 0.6 is 9.42 Å². The number of primary amides is 2. The Morgan fingerprint density at radius 1 is 1.28 bits per heavy atom. The molecule has 0 aromatic carbocycles. The van der Waals surface area contributed by atoms with Crippen molar-refractivity contribution < 1.29 is 28.4 Å². The van der Waals surface area contributed by atoms with E-state index in [0.29, 0.717) is 5.82 Å². The van der Waals surface area contributed by atoms with E-state index < -0.39 is 5.69 Å². The number of carbonyl (C=O) groups excluding carboxylic acids is 2. The first-order chi connectivity index (χ1) is 8.25. The van der Waals surface area contributed by atoms with Crippen LogP contribution in [0.2, 0.25) is 0 Å². The van der Waals surface area contributed by atoms with E-state index in [1.54, 1.807) is 18.8 Å². The molecule has 0 spiro atoms. The average molecular weight is 460 g/mol. The second-order valence-corrected chi connectivity index (χ2v) is 2.55. The molecule has 0 bridgehead atoms. The van der Waals surface area contributed by atoms with Gasteiger partial charge in [-0.2, -0.15) is 0 Å². The number of rotatable bonds is 0. The molecule has 0 radical (unpaired) electrons. The van der Waals surface area contributed by atoms with E-state index in [9.17, 15) is 14.4 Å². The van der Waals surface area contributed by atoms with Gasteiger partial charge < -0.3 is 17.2 Å². The van der Waals surface area contributed by atoms with Crippen molar-refractivity contribution in [3.05, 3.63) is 22.7 Å². The molecular formula is C8H15ClN5O3Pt. The number of nitrogens with one attached hydrogen (secondary N) is 1. The molecule has 0 aliphatic carbocycles. The Kier molecular flexibility index (Phi) is 18.9. The number of aromatic nitrogens is 2. The van der Waals surface area contributed by atoms with Gasteiger partial charge in [-0.15, -0.1) is 0 Å². The number of nitrogens with zero attached hydrogens (tertiary/aromatic N) is 1. The van der Waals surface area contributed by atoms with E-state index in [-0.39, 0.29) is 11.8 Å². The van der Waals surface area contributed by atoms with Gasteiger partial charge in [0.15, 0.2) is 0 Å².